The van der Waals surface area contributed by atoms with Crippen LogP contribution < -0.4 is 10.6 Å². The summed E-state index contributed by atoms with van der Waals surface area (Å²) in [5.74, 6) is -0.495. The molecule has 0 aliphatic rings. The second-order valence-electron chi connectivity index (χ2n) is 6.05. The summed E-state index contributed by atoms with van der Waals surface area (Å²) in [5, 5.41) is 24.3. The van der Waals surface area contributed by atoms with Crippen molar-refractivity contribution < 1.29 is 40.8 Å². The molecule has 0 radical (unpaired) electrons. The van der Waals surface area contributed by atoms with Gasteiger partial charge in [-0.25, -0.2) is 0 Å². The summed E-state index contributed by atoms with van der Waals surface area (Å²) in [6, 6.07) is 19.0. The molecular formula is C24H26N2O5V. The molecule has 2 rings (SSSR count). The number of carbonyl (C=O) groups excluding carboxylic acids is 2. The third-order valence-electron chi connectivity index (χ3n) is 3.26. The molecule has 0 heterocycles. The summed E-state index contributed by atoms with van der Waals surface area (Å²) >= 11 is 1.06. The van der Waals surface area contributed by atoms with Crippen LogP contribution >= 0.6 is 0 Å². The summed E-state index contributed by atoms with van der Waals surface area (Å²) in [5.41, 5.74) is 1.84. The monoisotopic (exact) mass is 473 g/mol. The molecule has 0 spiro atoms. The number of hydrogen-bond acceptors (Lipinski definition) is 7. The van der Waals surface area contributed by atoms with E-state index in [9.17, 15) is 19.8 Å². The molecular weight excluding hydrogens is 447 g/mol. The van der Waals surface area contributed by atoms with Gasteiger partial charge in [0.1, 0.15) is 11.5 Å². The fraction of sp³-hybridized carbons (Fsp3) is 0.0833. The van der Waals surface area contributed by atoms with Crippen molar-refractivity contribution >= 4 is 22.9 Å². The van der Waals surface area contributed by atoms with Crippen molar-refractivity contribution in [2.75, 3.05) is 10.6 Å². The van der Waals surface area contributed by atoms with Gasteiger partial charge in [0.15, 0.2) is 11.6 Å². The van der Waals surface area contributed by atoms with E-state index >= 15 is 0 Å². The van der Waals surface area contributed by atoms with Crippen LogP contribution in [0.5, 0.6) is 0 Å². The van der Waals surface area contributed by atoms with Crippen molar-refractivity contribution in [3.05, 3.63) is 109 Å². The van der Waals surface area contributed by atoms with Crippen molar-refractivity contribution in [2.24, 2.45) is 0 Å². The third-order valence-corrected chi connectivity index (χ3v) is 3.26. The van der Waals surface area contributed by atoms with E-state index in [2.05, 4.69) is 10.6 Å². The van der Waals surface area contributed by atoms with Gasteiger partial charge in [0.05, 0.1) is 0 Å². The van der Waals surface area contributed by atoms with Crippen molar-refractivity contribution in [2.45, 2.75) is 13.8 Å². The molecule has 32 heavy (non-hydrogen) atoms. The van der Waals surface area contributed by atoms with Gasteiger partial charge in [-0.2, -0.15) is 0 Å². The number of rotatable bonds is 8. The van der Waals surface area contributed by atoms with Crippen molar-refractivity contribution in [1.29, 1.82) is 0 Å². The van der Waals surface area contributed by atoms with Gasteiger partial charge in [-0.15, -0.1) is 0 Å². The van der Waals surface area contributed by atoms with E-state index in [0.717, 1.165) is 40.9 Å². The van der Waals surface area contributed by atoms with Gasteiger partial charge in [-0.05, 0) is 50.3 Å². The SMILES string of the molecule is CC(=O)/C=C(O)/C=C\Nc1ccccc1.CC(=O)/C=C(O)/C=C\Nc1ccccc1.[O]=[V]. The van der Waals surface area contributed by atoms with Crippen molar-refractivity contribution in [3.8, 4) is 0 Å². The van der Waals surface area contributed by atoms with E-state index < -0.39 is 0 Å². The fourth-order valence-corrected chi connectivity index (χ4v) is 2.03. The van der Waals surface area contributed by atoms with E-state index in [1.807, 2.05) is 60.7 Å². The number of carbonyl (C=O) groups is 2. The van der Waals surface area contributed by atoms with Gasteiger partial charge >= 0.3 is 21.0 Å². The number of hydrogen-bond donors (Lipinski definition) is 4. The maximum absolute atomic E-state index is 10.6. The molecule has 0 bridgehead atoms. The number of para-hydroxylation sites is 2. The molecule has 4 N–H and O–H groups in total. The normalized spacial score (nSPS) is 11.0. The van der Waals surface area contributed by atoms with Crippen LogP contribution in [-0.4, -0.2) is 21.8 Å². The molecule has 0 fully saturated rings. The van der Waals surface area contributed by atoms with E-state index in [0.29, 0.717) is 0 Å². The Hall–Kier alpha value is -3.68. The Bertz CT molecular complexity index is 862. The first-order valence-corrected chi connectivity index (χ1v) is 9.91. The predicted octanol–water partition coefficient (Wildman–Crippen LogP) is 5.16. The number of nitrogens with one attached hydrogen (secondary N) is 2. The topological polar surface area (TPSA) is 116 Å². The number of anilines is 2. The quantitative estimate of drug-likeness (QED) is 0.238. The average Bonchev–Trinajstić information content (AvgIpc) is 2.76. The van der Waals surface area contributed by atoms with Crippen LogP contribution in [0.2, 0.25) is 0 Å². The van der Waals surface area contributed by atoms with Crippen LogP contribution in [0.4, 0.5) is 11.4 Å². The molecule has 0 aliphatic heterocycles. The Kier molecular flexibility index (Phi) is 16.0. The first kappa shape index (κ1) is 28.3. The first-order valence-electron chi connectivity index (χ1n) is 9.34. The Morgan fingerprint density at radius 2 is 1.00 bits per heavy atom. The van der Waals surface area contributed by atoms with Crippen LogP contribution in [-0.2, 0) is 30.6 Å². The second kappa shape index (κ2) is 18.1. The van der Waals surface area contributed by atoms with Gasteiger partial charge < -0.3 is 20.8 Å². The molecule has 0 aliphatic carbocycles. The Morgan fingerprint density at radius 3 is 1.28 bits per heavy atom. The van der Waals surface area contributed by atoms with Crippen LogP contribution in [0.3, 0.4) is 0 Å². The zero-order chi connectivity index (χ0) is 24.2. The van der Waals surface area contributed by atoms with Crippen LogP contribution in [0.15, 0.2) is 109 Å². The van der Waals surface area contributed by atoms with E-state index in [1.54, 1.807) is 12.4 Å². The molecule has 8 heteroatoms. The molecule has 2 aromatic rings. The van der Waals surface area contributed by atoms with E-state index in [-0.39, 0.29) is 23.1 Å². The Morgan fingerprint density at radius 1 is 0.688 bits per heavy atom. The number of ketones is 2. The minimum atomic E-state index is -0.183. The maximum atomic E-state index is 10.6. The van der Waals surface area contributed by atoms with E-state index in [4.69, 9.17) is 3.67 Å². The van der Waals surface area contributed by atoms with Crippen LogP contribution in [0.1, 0.15) is 13.8 Å². The summed E-state index contributed by atoms with van der Waals surface area (Å²) < 4.78 is 8.19. The van der Waals surface area contributed by atoms with Gasteiger partial charge in [0.2, 0.25) is 0 Å². The number of aliphatic hydroxyl groups excluding tert-OH is 2. The van der Waals surface area contributed by atoms with E-state index in [1.165, 1.54) is 26.0 Å². The molecule has 2 aromatic carbocycles. The third kappa shape index (κ3) is 16.2. The summed E-state index contributed by atoms with van der Waals surface area (Å²) in [7, 11) is 0. The molecule has 0 atom stereocenters. The van der Waals surface area contributed by atoms with Gasteiger partial charge in [0.25, 0.3) is 0 Å². The molecule has 7 nitrogen and oxygen atoms in total. The molecule has 0 amide bonds. The Balaban J connectivity index is 0.000000557. The van der Waals surface area contributed by atoms with Gasteiger partial charge in [-0.1, -0.05) is 36.4 Å². The number of aliphatic hydroxyl groups is 2. The number of allylic oxidation sites excluding steroid dienone is 4. The first-order chi connectivity index (χ1) is 15.4. The fourth-order valence-electron chi connectivity index (χ4n) is 2.03. The molecule has 167 valence electrons. The van der Waals surface area contributed by atoms with Crippen molar-refractivity contribution in [1.82, 2.24) is 0 Å². The molecule has 0 saturated carbocycles. The molecule has 0 saturated heterocycles. The summed E-state index contributed by atoms with van der Waals surface area (Å²) in [4.78, 5) is 21.2. The zero-order valence-corrected chi connectivity index (χ0v) is 19.2. The molecule has 0 unspecified atom stereocenters. The summed E-state index contributed by atoms with van der Waals surface area (Å²) in [6.45, 7) is 2.77. The second-order valence-corrected chi connectivity index (χ2v) is 6.05. The van der Waals surface area contributed by atoms with Gasteiger partial charge in [-0.3, -0.25) is 9.59 Å². The summed E-state index contributed by atoms with van der Waals surface area (Å²) in [6.07, 6.45) is 8.31. The zero-order valence-electron chi connectivity index (χ0n) is 17.8. The van der Waals surface area contributed by atoms with Crippen LogP contribution in [0.25, 0.3) is 0 Å². The molecule has 0 aromatic heterocycles. The van der Waals surface area contributed by atoms with Crippen molar-refractivity contribution in [3.63, 3.8) is 0 Å². The number of benzene rings is 2. The standard InChI is InChI=1S/2C12H13NO2.O.V/c2*1-10(14)9-12(15)7-8-13-11-5-3-2-4-6-11;;/h2*2-9,13,15H,1H3;;/b2*8-7-,12-9-;;. The van der Waals surface area contributed by atoms with Gasteiger partial charge in [0, 0.05) is 35.9 Å². The average molecular weight is 473 g/mol. The minimum absolute atomic E-state index is 0.0640. The Labute approximate surface area is 197 Å². The predicted molar refractivity (Wildman–Crippen MR) is 122 cm³/mol. The van der Waals surface area contributed by atoms with Crippen LogP contribution in [0, 0.1) is 0 Å².